The van der Waals surface area contributed by atoms with Crippen LogP contribution in [-0.2, 0) is 17.9 Å². The maximum atomic E-state index is 12.6. The Morgan fingerprint density at radius 2 is 1.61 bits per heavy atom. The first-order valence-corrected chi connectivity index (χ1v) is 11.8. The number of fused-ring (bicyclic) bond motifs is 3. The minimum atomic E-state index is 0.0593. The second kappa shape index (κ2) is 9.28. The van der Waals surface area contributed by atoms with Gasteiger partial charge in [0.1, 0.15) is 5.75 Å². The summed E-state index contributed by atoms with van der Waals surface area (Å²) in [5.74, 6) is 0.802. The van der Waals surface area contributed by atoms with E-state index < -0.39 is 0 Å². The van der Waals surface area contributed by atoms with Gasteiger partial charge in [0, 0.05) is 61.1 Å². The van der Waals surface area contributed by atoms with Gasteiger partial charge in [-0.15, -0.1) is 0 Å². The van der Waals surface area contributed by atoms with Gasteiger partial charge >= 0.3 is 0 Å². The Balaban J connectivity index is 1.20. The molecule has 33 heavy (non-hydrogen) atoms. The largest absolute Gasteiger partial charge is 0.484 e. The number of piperazine rings is 1. The summed E-state index contributed by atoms with van der Waals surface area (Å²) in [6.45, 7) is 9.46. The van der Waals surface area contributed by atoms with Crippen molar-refractivity contribution in [1.82, 2.24) is 14.4 Å². The molecular weight excluding hydrogens is 410 g/mol. The molecule has 5 nitrogen and oxygen atoms in total. The Kier molecular flexibility index (Phi) is 6.05. The van der Waals surface area contributed by atoms with Gasteiger partial charge < -0.3 is 14.2 Å². The van der Waals surface area contributed by atoms with Crippen LogP contribution in [0.15, 0.2) is 66.7 Å². The smallest absolute Gasteiger partial charge is 0.260 e. The second-order valence-corrected chi connectivity index (χ2v) is 8.87. The zero-order valence-electron chi connectivity index (χ0n) is 19.5. The number of carbonyl (C=O) groups excluding carboxylic acids is 1. The highest BCUT2D eigenvalue weighted by atomic mass is 16.5. The highest BCUT2D eigenvalue weighted by molar-refractivity contribution is 6.08. The van der Waals surface area contributed by atoms with Crippen molar-refractivity contribution in [1.29, 1.82) is 0 Å². The number of nitrogens with zero attached hydrogens (tertiary/aromatic N) is 3. The molecule has 5 rings (SSSR count). The number of rotatable bonds is 6. The lowest BCUT2D eigenvalue weighted by atomic mass is 10.1. The minimum Gasteiger partial charge on any atom is -0.484 e. The summed E-state index contributed by atoms with van der Waals surface area (Å²) in [5, 5.41) is 2.65. The number of carbonyl (C=O) groups is 1. The fourth-order valence-corrected chi connectivity index (χ4v) is 4.82. The molecule has 0 unspecified atom stereocenters. The van der Waals surface area contributed by atoms with Gasteiger partial charge in [0.05, 0.1) is 0 Å². The standard InChI is InChI=1S/C28H31N3O2/c1-3-31-26-7-5-4-6-24(26)25-18-22(10-13-27(25)31)19-29-14-16-30(17-15-29)28(32)20-33-23-11-8-21(2)9-12-23/h4-13,18H,3,14-17,19-20H2,1-2H3. The van der Waals surface area contributed by atoms with E-state index in [4.69, 9.17) is 4.74 Å². The fourth-order valence-electron chi connectivity index (χ4n) is 4.82. The Morgan fingerprint density at radius 1 is 0.879 bits per heavy atom. The lowest BCUT2D eigenvalue weighted by molar-refractivity contribution is -0.135. The fraction of sp³-hybridized carbons (Fsp3) is 0.321. The first-order chi connectivity index (χ1) is 16.1. The molecule has 0 atom stereocenters. The van der Waals surface area contributed by atoms with Crippen molar-refractivity contribution in [2.45, 2.75) is 26.9 Å². The predicted octanol–water partition coefficient (Wildman–Crippen LogP) is 4.85. The highest BCUT2D eigenvalue weighted by Crippen LogP contribution is 2.30. The van der Waals surface area contributed by atoms with Crippen LogP contribution < -0.4 is 4.74 Å². The van der Waals surface area contributed by atoms with E-state index in [1.54, 1.807) is 0 Å². The van der Waals surface area contributed by atoms with Crippen LogP contribution in [0.4, 0.5) is 0 Å². The molecule has 5 heteroatoms. The van der Waals surface area contributed by atoms with Crippen molar-refractivity contribution in [2.75, 3.05) is 32.8 Å². The number of hydrogen-bond acceptors (Lipinski definition) is 3. The van der Waals surface area contributed by atoms with Crippen LogP contribution >= 0.6 is 0 Å². The molecule has 0 aliphatic carbocycles. The van der Waals surface area contributed by atoms with Crippen LogP contribution in [0, 0.1) is 6.92 Å². The Morgan fingerprint density at radius 3 is 2.36 bits per heavy atom. The normalized spacial score (nSPS) is 14.8. The van der Waals surface area contributed by atoms with E-state index in [0.29, 0.717) is 0 Å². The first-order valence-electron chi connectivity index (χ1n) is 11.8. The van der Waals surface area contributed by atoms with Crippen molar-refractivity contribution >= 4 is 27.7 Å². The number of aryl methyl sites for hydroxylation is 2. The number of para-hydroxylation sites is 1. The molecule has 0 bridgehead atoms. The molecule has 170 valence electrons. The van der Waals surface area contributed by atoms with Crippen LogP contribution in [0.2, 0.25) is 0 Å². The lowest BCUT2D eigenvalue weighted by Crippen LogP contribution is -2.49. The van der Waals surface area contributed by atoms with E-state index in [1.165, 1.54) is 32.9 Å². The van der Waals surface area contributed by atoms with E-state index in [-0.39, 0.29) is 12.5 Å². The number of amides is 1. The first kappa shape index (κ1) is 21.5. The van der Waals surface area contributed by atoms with Crippen molar-refractivity contribution in [2.24, 2.45) is 0 Å². The SMILES string of the molecule is CCn1c2ccccc2c2cc(CN3CCN(C(=O)COc4ccc(C)cc4)CC3)ccc21. The van der Waals surface area contributed by atoms with Gasteiger partial charge in [-0.1, -0.05) is 42.0 Å². The van der Waals surface area contributed by atoms with Crippen LogP contribution in [0.1, 0.15) is 18.1 Å². The lowest BCUT2D eigenvalue weighted by Gasteiger charge is -2.34. The summed E-state index contributed by atoms with van der Waals surface area (Å²) in [6.07, 6.45) is 0. The zero-order chi connectivity index (χ0) is 22.8. The average Bonchev–Trinajstić information content (AvgIpc) is 3.17. The molecule has 2 heterocycles. The van der Waals surface area contributed by atoms with E-state index in [9.17, 15) is 4.79 Å². The van der Waals surface area contributed by atoms with E-state index in [1.807, 2.05) is 36.1 Å². The monoisotopic (exact) mass is 441 g/mol. The van der Waals surface area contributed by atoms with Gasteiger partial charge in [-0.3, -0.25) is 9.69 Å². The number of hydrogen-bond donors (Lipinski definition) is 0. The molecule has 1 aliphatic heterocycles. The summed E-state index contributed by atoms with van der Waals surface area (Å²) in [5.41, 5.74) is 5.10. The summed E-state index contributed by atoms with van der Waals surface area (Å²) in [6, 6.07) is 23.3. The molecule has 3 aromatic carbocycles. The topological polar surface area (TPSA) is 37.7 Å². The molecule has 4 aromatic rings. The molecule has 1 aliphatic rings. The third kappa shape index (κ3) is 4.46. The maximum absolute atomic E-state index is 12.6. The minimum absolute atomic E-state index is 0.0593. The van der Waals surface area contributed by atoms with E-state index in [2.05, 4.69) is 58.9 Å². The van der Waals surface area contributed by atoms with Gasteiger partial charge in [-0.25, -0.2) is 0 Å². The van der Waals surface area contributed by atoms with Gasteiger partial charge in [0.25, 0.3) is 5.91 Å². The molecule has 0 radical (unpaired) electrons. The second-order valence-electron chi connectivity index (χ2n) is 8.87. The molecule has 1 amide bonds. The van der Waals surface area contributed by atoms with Crippen LogP contribution in [0.5, 0.6) is 5.75 Å². The summed E-state index contributed by atoms with van der Waals surface area (Å²) in [7, 11) is 0. The molecule has 1 saturated heterocycles. The van der Waals surface area contributed by atoms with Gasteiger partial charge in [-0.2, -0.15) is 0 Å². The van der Waals surface area contributed by atoms with Crippen LogP contribution in [0.3, 0.4) is 0 Å². The molecule has 0 spiro atoms. The zero-order valence-corrected chi connectivity index (χ0v) is 19.5. The number of ether oxygens (including phenoxy) is 1. The Hall–Kier alpha value is -3.31. The van der Waals surface area contributed by atoms with Gasteiger partial charge in [-0.05, 0) is 49.7 Å². The molecular formula is C28H31N3O2. The van der Waals surface area contributed by atoms with Crippen molar-refractivity contribution in [3.8, 4) is 5.75 Å². The van der Waals surface area contributed by atoms with Crippen molar-refractivity contribution in [3.63, 3.8) is 0 Å². The van der Waals surface area contributed by atoms with Crippen LogP contribution in [0.25, 0.3) is 21.8 Å². The quantitative estimate of drug-likeness (QED) is 0.429. The highest BCUT2D eigenvalue weighted by Gasteiger charge is 2.22. The van der Waals surface area contributed by atoms with Crippen molar-refractivity contribution < 1.29 is 9.53 Å². The molecule has 0 N–H and O–H groups in total. The van der Waals surface area contributed by atoms with Gasteiger partial charge in [0.15, 0.2) is 6.61 Å². The van der Waals surface area contributed by atoms with Crippen molar-refractivity contribution in [3.05, 3.63) is 77.9 Å². The molecule has 1 fully saturated rings. The third-order valence-corrected chi connectivity index (χ3v) is 6.67. The number of aromatic nitrogens is 1. The number of benzene rings is 3. The Labute approximate surface area is 195 Å². The molecule has 1 aromatic heterocycles. The maximum Gasteiger partial charge on any atom is 0.260 e. The Bertz CT molecular complexity index is 1270. The van der Waals surface area contributed by atoms with Gasteiger partial charge in [0.2, 0.25) is 0 Å². The van der Waals surface area contributed by atoms with E-state index >= 15 is 0 Å². The van der Waals surface area contributed by atoms with E-state index in [0.717, 1.165) is 45.0 Å². The summed E-state index contributed by atoms with van der Waals surface area (Å²) < 4.78 is 8.07. The average molecular weight is 442 g/mol. The predicted molar refractivity (Wildman–Crippen MR) is 134 cm³/mol. The third-order valence-electron chi connectivity index (χ3n) is 6.67. The summed E-state index contributed by atoms with van der Waals surface area (Å²) >= 11 is 0. The van der Waals surface area contributed by atoms with Crippen LogP contribution in [-0.4, -0.2) is 53.1 Å². The summed E-state index contributed by atoms with van der Waals surface area (Å²) in [4.78, 5) is 16.9. The molecule has 0 saturated carbocycles.